The maximum Gasteiger partial charge on any atom is 0.416 e. The van der Waals surface area contributed by atoms with E-state index in [4.69, 9.17) is 4.74 Å². The van der Waals surface area contributed by atoms with Crippen molar-refractivity contribution < 1.29 is 9.53 Å². The van der Waals surface area contributed by atoms with E-state index < -0.39 is 6.09 Å². The van der Waals surface area contributed by atoms with Crippen molar-refractivity contribution in [3.63, 3.8) is 0 Å². The van der Waals surface area contributed by atoms with Gasteiger partial charge in [-0.05, 0) is 135 Å². The number of hydrogen-bond donors (Lipinski definition) is 1. The second-order valence-corrected chi connectivity index (χ2v) is 13.9. The Kier molecular flexibility index (Phi) is 8.08. The first kappa shape index (κ1) is 26.8. The molecule has 3 heteroatoms. The molecular formula is C34H51NO2. The summed E-state index contributed by atoms with van der Waals surface area (Å²) >= 11 is 0. The van der Waals surface area contributed by atoms with E-state index in [0.717, 1.165) is 53.2 Å². The normalized spacial score (nSPS) is 38.2. The van der Waals surface area contributed by atoms with Crippen molar-refractivity contribution >= 4 is 11.8 Å². The molecule has 0 heterocycles. The second-order valence-electron chi connectivity index (χ2n) is 13.9. The first-order valence-electron chi connectivity index (χ1n) is 15.5. The molecule has 0 saturated heterocycles. The highest BCUT2D eigenvalue weighted by Gasteiger charge is 2.60. The number of carbonyl (C=O) groups excluding carboxylic acids is 1. The van der Waals surface area contributed by atoms with Gasteiger partial charge in [-0.25, -0.2) is 4.79 Å². The molecule has 8 atom stereocenters. The second kappa shape index (κ2) is 11.1. The fraction of sp³-hybridized carbons (Fsp3) is 0.735. The van der Waals surface area contributed by atoms with E-state index in [2.05, 4.69) is 33.0 Å². The molecule has 0 radical (unpaired) electrons. The third-order valence-corrected chi connectivity index (χ3v) is 12.0. The zero-order valence-electron chi connectivity index (χ0n) is 23.9. The maximum atomic E-state index is 12.1. The van der Waals surface area contributed by atoms with Gasteiger partial charge in [0.2, 0.25) is 0 Å². The van der Waals surface area contributed by atoms with Crippen LogP contribution in [0.4, 0.5) is 10.5 Å². The summed E-state index contributed by atoms with van der Waals surface area (Å²) in [6.07, 6.45) is 19.6. The Morgan fingerprint density at radius 3 is 2.59 bits per heavy atom. The number of ether oxygens (including phenoxy) is 1. The number of rotatable bonds is 7. The molecule has 1 N–H and O–H groups in total. The van der Waals surface area contributed by atoms with E-state index in [-0.39, 0.29) is 0 Å². The largest absolute Gasteiger partial charge is 0.418 e. The number of carbonyl (C=O) groups is 1. The molecule has 1 unspecified atom stereocenters. The molecule has 0 spiro atoms. The molecular weight excluding hydrogens is 454 g/mol. The molecule has 1 aromatic carbocycles. The fourth-order valence-corrected chi connectivity index (χ4v) is 10.1. The lowest BCUT2D eigenvalue weighted by molar-refractivity contribution is -0.114. The third-order valence-electron chi connectivity index (χ3n) is 12.0. The summed E-state index contributed by atoms with van der Waals surface area (Å²) in [5, 5.41) is 2.77. The Morgan fingerprint density at radius 1 is 1.00 bits per heavy atom. The van der Waals surface area contributed by atoms with Crippen molar-refractivity contribution in [2.75, 3.05) is 5.32 Å². The molecule has 1 amide bonds. The minimum atomic E-state index is -0.421. The zero-order valence-corrected chi connectivity index (χ0v) is 23.9. The number of benzene rings is 1. The van der Waals surface area contributed by atoms with E-state index in [9.17, 15) is 4.79 Å². The summed E-state index contributed by atoms with van der Waals surface area (Å²) in [6, 6.07) is 9.46. The zero-order chi connectivity index (χ0) is 26.0. The summed E-state index contributed by atoms with van der Waals surface area (Å²) in [5.74, 6) is 5.66. The maximum absolute atomic E-state index is 12.1. The summed E-state index contributed by atoms with van der Waals surface area (Å²) in [4.78, 5) is 12.1. The molecule has 37 heavy (non-hydrogen) atoms. The van der Waals surface area contributed by atoms with Crippen LogP contribution in [0.3, 0.4) is 0 Å². The Balaban J connectivity index is 1.11. The van der Waals surface area contributed by atoms with Gasteiger partial charge in [0.1, 0.15) is 0 Å². The van der Waals surface area contributed by atoms with Gasteiger partial charge in [-0.2, -0.15) is 0 Å². The van der Waals surface area contributed by atoms with E-state index in [1.807, 2.05) is 30.3 Å². The molecule has 4 saturated carbocycles. The predicted molar refractivity (Wildman–Crippen MR) is 153 cm³/mol. The van der Waals surface area contributed by atoms with Gasteiger partial charge in [-0.15, -0.1) is 0 Å². The summed E-state index contributed by atoms with van der Waals surface area (Å²) in [5.41, 5.74) is 3.10. The molecule has 1 aromatic rings. The number of amides is 1. The highest BCUT2D eigenvalue weighted by molar-refractivity contribution is 5.84. The van der Waals surface area contributed by atoms with Crippen LogP contribution in [0.15, 0.2) is 42.2 Å². The Morgan fingerprint density at radius 2 is 1.78 bits per heavy atom. The molecule has 4 aliphatic rings. The van der Waals surface area contributed by atoms with Crippen LogP contribution < -0.4 is 5.32 Å². The molecule has 0 aromatic heterocycles. The Labute approximate surface area is 226 Å². The molecule has 5 rings (SSSR count). The smallest absolute Gasteiger partial charge is 0.416 e. The van der Waals surface area contributed by atoms with Crippen LogP contribution in [0.5, 0.6) is 0 Å². The fourth-order valence-electron chi connectivity index (χ4n) is 10.1. The van der Waals surface area contributed by atoms with Gasteiger partial charge in [0.15, 0.2) is 0 Å². The third kappa shape index (κ3) is 5.39. The first-order chi connectivity index (χ1) is 17.8. The van der Waals surface area contributed by atoms with Crippen LogP contribution in [0.2, 0.25) is 0 Å². The minimum absolute atomic E-state index is 0.421. The van der Waals surface area contributed by atoms with Crippen LogP contribution >= 0.6 is 0 Å². The lowest BCUT2D eigenvalue weighted by Crippen LogP contribution is -2.53. The van der Waals surface area contributed by atoms with Crippen LogP contribution in [0.1, 0.15) is 111 Å². The minimum Gasteiger partial charge on any atom is -0.418 e. The van der Waals surface area contributed by atoms with Crippen LogP contribution in [0.25, 0.3) is 0 Å². The van der Waals surface area contributed by atoms with Crippen molar-refractivity contribution in [3.05, 3.63) is 42.2 Å². The van der Waals surface area contributed by atoms with Gasteiger partial charge in [0, 0.05) is 5.69 Å². The summed E-state index contributed by atoms with van der Waals surface area (Å²) < 4.78 is 5.34. The molecule has 4 fully saturated rings. The highest BCUT2D eigenvalue weighted by atomic mass is 16.5. The van der Waals surface area contributed by atoms with E-state index in [1.165, 1.54) is 77.0 Å². The monoisotopic (exact) mass is 505 g/mol. The standard InChI is InChI=1S/C34H51NO2/c1-24(23-37-32(36)35-27-14-6-5-7-15-27)11-10-12-25(2)29-18-19-30-28-17-16-26-13-8-9-21-33(26,3)31(28)20-22-34(29,30)4/h5-7,14-15,23,25-26,28-31H,8-13,16-22H2,1-4H3,(H,35,36)/t25-,26?,28+,29-,30+,31+,33+,34-/m1/s1. The topological polar surface area (TPSA) is 38.3 Å². The average molecular weight is 506 g/mol. The van der Waals surface area contributed by atoms with Gasteiger partial charge in [0.05, 0.1) is 6.26 Å². The predicted octanol–water partition coefficient (Wildman–Crippen LogP) is 9.99. The van der Waals surface area contributed by atoms with E-state index in [1.54, 1.807) is 6.26 Å². The van der Waals surface area contributed by atoms with Crippen molar-refractivity contribution in [3.8, 4) is 0 Å². The molecule has 0 aliphatic heterocycles. The first-order valence-corrected chi connectivity index (χ1v) is 15.5. The number of hydrogen-bond acceptors (Lipinski definition) is 2. The quantitative estimate of drug-likeness (QED) is 0.374. The molecule has 4 aliphatic carbocycles. The van der Waals surface area contributed by atoms with Crippen LogP contribution in [0, 0.1) is 46.3 Å². The highest BCUT2D eigenvalue weighted by Crippen LogP contribution is 2.68. The van der Waals surface area contributed by atoms with E-state index in [0.29, 0.717) is 10.8 Å². The van der Waals surface area contributed by atoms with Crippen LogP contribution in [-0.4, -0.2) is 6.09 Å². The van der Waals surface area contributed by atoms with Gasteiger partial charge >= 0.3 is 6.09 Å². The van der Waals surface area contributed by atoms with Gasteiger partial charge in [-0.1, -0.05) is 58.2 Å². The van der Waals surface area contributed by atoms with Gasteiger partial charge in [0.25, 0.3) is 0 Å². The lowest BCUT2D eigenvalue weighted by atomic mass is 9.44. The van der Waals surface area contributed by atoms with Crippen molar-refractivity contribution in [2.45, 2.75) is 111 Å². The molecule has 3 nitrogen and oxygen atoms in total. The summed E-state index contributed by atoms with van der Waals surface area (Å²) in [7, 11) is 0. The van der Waals surface area contributed by atoms with Gasteiger partial charge in [-0.3, -0.25) is 5.32 Å². The van der Waals surface area contributed by atoms with E-state index >= 15 is 0 Å². The van der Waals surface area contributed by atoms with Crippen LogP contribution in [-0.2, 0) is 4.74 Å². The number of anilines is 1. The SMILES string of the molecule is CC(=COC(=O)Nc1ccccc1)CCC[C@@H](C)[C@H]1CC[C@H]2[C@@H]3CCC4CCCC[C@]4(C)[C@H]3CC[C@]12C. The van der Waals surface area contributed by atoms with Gasteiger partial charge < -0.3 is 4.74 Å². The lowest BCUT2D eigenvalue weighted by Gasteiger charge is -2.61. The Hall–Kier alpha value is -1.77. The number of allylic oxidation sites excluding steroid dienone is 1. The Bertz CT molecular complexity index is 956. The van der Waals surface area contributed by atoms with Crippen molar-refractivity contribution in [1.82, 2.24) is 0 Å². The number of nitrogens with one attached hydrogen (secondary N) is 1. The van der Waals surface area contributed by atoms with Crippen molar-refractivity contribution in [2.24, 2.45) is 46.3 Å². The molecule has 204 valence electrons. The van der Waals surface area contributed by atoms with Crippen molar-refractivity contribution in [1.29, 1.82) is 0 Å². The number of fused-ring (bicyclic) bond motifs is 5. The molecule has 0 bridgehead atoms. The average Bonchev–Trinajstić information content (AvgIpc) is 3.25. The summed E-state index contributed by atoms with van der Waals surface area (Å²) in [6.45, 7) is 10.0. The number of para-hydroxylation sites is 1.